The molecule has 0 aliphatic rings. The molecule has 0 aliphatic heterocycles. The quantitative estimate of drug-likeness (QED) is 0.302. The van der Waals surface area contributed by atoms with Gasteiger partial charge < -0.3 is 13.9 Å². The van der Waals surface area contributed by atoms with Gasteiger partial charge in [0.25, 0.3) is 0 Å². The van der Waals surface area contributed by atoms with Gasteiger partial charge in [-0.3, -0.25) is 4.79 Å². The van der Waals surface area contributed by atoms with Crippen molar-refractivity contribution >= 4 is 23.1 Å². The number of carbonyl (C=O) groups excluding carboxylic acids is 1. The standard InChI is InChI=1S/C25H21FN2O4/c1-2-30-22-10-11-23-19(13-22)14-24(32-23)25(29)28-27-15-17-6-8-21(9-7-17)31-16-18-4-3-5-20(26)12-18/h3-15H,2,16H2,1H3,(H,28,29)/b27-15+. The fraction of sp³-hybridized carbons (Fsp3) is 0.120. The van der Waals surface area contributed by atoms with Gasteiger partial charge in [-0.05, 0) is 78.7 Å². The van der Waals surface area contributed by atoms with Crippen LogP contribution >= 0.6 is 0 Å². The number of nitrogens with one attached hydrogen (secondary N) is 1. The topological polar surface area (TPSA) is 73.1 Å². The van der Waals surface area contributed by atoms with Crippen molar-refractivity contribution in [2.24, 2.45) is 5.10 Å². The summed E-state index contributed by atoms with van der Waals surface area (Å²) in [6, 6.07) is 20.4. The van der Waals surface area contributed by atoms with Gasteiger partial charge in [0.15, 0.2) is 5.76 Å². The van der Waals surface area contributed by atoms with Crippen LogP contribution in [0.3, 0.4) is 0 Å². The van der Waals surface area contributed by atoms with Gasteiger partial charge >= 0.3 is 5.91 Å². The molecule has 6 nitrogen and oxygen atoms in total. The maximum absolute atomic E-state index is 13.2. The van der Waals surface area contributed by atoms with Crippen LogP contribution in [0.25, 0.3) is 11.0 Å². The number of hydrogen-bond donors (Lipinski definition) is 1. The van der Waals surface area contributed by atoms with Gasteiger partial charge in [-0.1, -0.05) is 12.1 Å². The monoisotopic (exact) mass is 432 g/mol. The SMILES string of the molecule is CCOc1ccc2oc(C(=O)N/N=C/c3ccc(OCc4cccc(F)c4)cc3)cc2c1. The van der Waals surface area contributed by atoms with E-state index in [4.69, 9.17) is 13.9 Å². The summed E-state index contributed by atoms with van der Waals surface area (Å²) < 4.78 is 29.9. The Morgan fingerprint density at radius 3 is 2.62 bits per heavy atom. The summed E-state index contributed by atoms with van der Waals surface area (Å²) in [7, 11) is 0. The second kappa shape index (κ2) is 9.78. The van der Waals surface area contributed by atoms with Crippen molar-refractivity contribution in [1.29, 1.82) is 0 Å². The number of benzene rings is 3. The Morgan fingerprint density at radius 2 is 1.84 bits per heavy atom. The van der Waals surface area contributed by atoms with E-state index >= 15 is 0 Å². The zero-order chi connectivity index (χ0) is 22.3. The molecule has 3 aromatic carbocycles. The second-order valence-corrected chi connectivity index (χ2v) is 6.93. The summed E-state index contributed by atoms with van der Waals surface area (Å²) >= 11 is 0. The first-order chi connectivity index (χ1) is 15.6. The Balaban J connectivity index is 1.32. The number of fused-ring (bicyclic) bond motifs is 1. The molecule has 4 aromatic rings. The average molecular weight is 432 g/mol. The molecule has 1 aromatic heterocycles. The van der Waals surface area contributed by atoms with Gasteiger partial charge in [0, 0.05) is 5.39 Å². The van der Waals surface area contributed by atoms with E-state index in [0.717, 1.165) is 16.5 Å². The highest BCUT2D eigenvalue weighted by Crippen LogP contribution is 2.24. The first-order valence-corrected chi connectivity index (χ1v) is 10.1. The number of halogens is 1. The molecule has 0 unspecified atom stereocenters. The van der Waals surface area contributed by atoms with E-state index < -0.39 is 5.91 Å². The third-order valence-electron chi connectivity index (χ3n) is 4.58. The molecule has 1 heterocycles. The molecule has 0 aliphatic carbocycles. The van der Waals surface area contributed by atoms with Crippen molar-refractivity contribution in [1.82, 2.24) is 5.43 Å². The van der Waals surface area contributed by atoms with Crippen LogP contribution in [0.2, 0.25) is 0 Å². The average Bonchev–Trinajstić information content (AvgIpc) is 3.22. The molecular formula is C25H21FN2O4. The van der Waals surface area contributed by atoms with Crippen molar-refractivity contribution in [3.63, 3.8) is 0 Å². The molecule has 4 rings (SSSR count). The zero-order valence-corrected chi connectivity index (χ0v) is 17.4. The van der Waals surface area contributed by atoms with Crippen LogP contribution in [0.15, 0.2) is 82.3 Å². The summed E-state index contributed by atoms with van der Waals surface area (Å²) in [5.74, 6) is 0.772. The first kappa shape index (κ1) is 21.1. The van der Waals surface area contributed by atoms with Gasteiger partial charge in [-0.25, -0.2) is 9.82 Å². The maximum atomic E-state index is 13.2. The molecular weight excluding hydrogens is 411 g/mol. The zero-order valence-electron chi connectivity index (χ0n) is 17.4. The van der Waals surface area contributed by atoms with Gasteiger partial charge in [0.05, 0.1) is 12.8 Å². The predicted molar refractivity (Wildman–Crippen MR) is 120 cm³/mol. The lowest BCUT2D eigenvalue weighted by Gasteiger charge is -2.06. The minimum Gasteiger partial charge on any atom is -0.494 e. The minimum atomic E-state index is -0.453. The van der Waals surface area contributed by atoms with E-state index in [0.29, 0.717) is 23.7 Å². The van der Waals surface area contributed by atoms with Crippen LogP contribution in [0.1, 0.15) is 28.6 Å². The van der Waals surface area contributed by atoms with Crippen LogP contribution < -0.4 is 14.9 Å². The Labute approximate surface area is 184 Å². The third-order valence-corrected chi connectivity index (χ3v) is 4.58. The van der Waals surface area contributed by atoms with E-state index in [1.807, 2.05) is 13.0 Å². The molecule has 0 spiro atoms. The van der Waals surface area contributed by atoms with Crippen molar-refractivity contribution in [3.8, 4) is 11.5 Å². The Kier molecular flexibility index (Phi) is 6.46. The molecule has 7 heteroatoms. The molecule has 0 saturated heterocycles. The highest BCUT2D eigenvalue weighted by atomic mass is 19.1. The molecule has 0 bridgehead atoms. The molecule has 0 radical (unpaired) electrons. The van der Waals surface area contributed by atoms with E-state index in [1.165, 1.54) is 18.3 Å². The van der Waals surface area contributed by atoms with E-state index in [2.05, 4.69) is 10.5 Å². The van der Waals surface area contributed by atoms with Gasteiger partial charge in [-0.15, -0.1) is 0 Å². The lowest BCUT2D eigenvalue weighted by molar-refractivity contribution is 0.0929. The van der Waals surface area contributed by atoms with Crippen molar-refractivity contribution in [2.45, 2.75) is 13.5 Å². The molecule has 0 saturated carbocycles. The number of amides is 1. The van der Waals surface area contributed by atoms with E-state index in [-0.39, 0.29) is 18.2 Å². The molecule has 32 heavy (non-hydrogen) atoms. The number of hydrazone groups is 1. The number of carbonyl (C=O) groups is 1. The highest BCUT2D eigenvalue weighted by molar-refractivity contribution is 5.96. The highest BCUT2D eigenvalue weighted by Gasteiger charge is 2.12. The first-order valence-electron chi connectivity index (χ1n) is 10.1. The van der Waals surface area contributed by atoms with E-state index in [1.54, 1.807) is 54.6 Å². The summed E-state index contributed by atoms with van der Waals surface area (Å²) in [4.78, 5) is 12.3. The van der Waals surface area contributed by atoms with Crippen molar-refractivity contribution in [2.75, 3.05) is 6.61 Å². The van der Waals surface area contributed by atoms with Crippen LogP contribution in [0.4, 0.5) is 4.39 Å². The maximum Gasteiger partial charge on any atom is 0.307 e. The number of ether oxygens (including phenoxy) is 2. The normalized spacial score (nSPS) is 11.1. The van der Waals surface area contributed by atoms with E-state index in [9.17, 15) is 9.18 Å². The Bertz CT molecular complexity index is 1250. The fourth-order valence-electron chi connectivity index (χ4n) is 3.05. The summed E-state index contributed by atoms with van der Waals surface area (Å²) in [6.07, 6.45) is 1.52. The molecule has 0 fully saturated rings. The third kappa shape index (κ3) is 5.31. The largest absolute Gasteiger partial charge is 0.494 e. The van der Waals surface area contributed by atoms with Gasteiger partial charge in [0.2, 0.25) is 0 Å². The van der Waals surface area contributed by atoms with Crippen LogP contribution in [-0.4, -0.2) is 18.7 Å². The molecule has 162 valence electrons. The number of rotatable bonds is 8. The number of hydrogen-bond acceptors (Lipinski definition) is 5. The van der Waals surface area contributed by atoms with Crippen LogP contribution in [0, 0.1) is 5.82 Å². The predicted octanol–water partition coefficient (Wildman–Crippen LogP) is 5.31. The van der Waals surface area contributed by atoms with Crippen LogP contribution in [0.5, 0.6) is 11.5 Å². The smallest absolute Gasteiger partial charge is 0.307 e. The van der Waals surface area contributed by atoms with Crippen molar-refractivity contribution in [3.05, 3.63) is 95.5 Å². The van der Waals surface area contributed by atoms with Crippen molar-refractivity contribution < 1.29 is 23.1 Å². The summed E-state index contributed by atoms with van der Waals surface area (Å²) in [6.45, 7) is 2.74. The number of nitrogens with zero attached hydrogens (tertiary/aromatic N) is 1. The second-order valence-electron chi connectivity index (χ2n) is 6.93. The lowest BCUT2D eigenvalue weighted by Crippen LogP contribution is -2.16. The van der Waals surface area contributed by atoms with Gasteiger partial charge in [-0.2, -0.15) is 5.10 Å². The molecule has 0 atom stereocenters. The van der Waals surface area contributed by atoms with Crippen LogP contribution in [-0.2, 0) is 6.61 Å². The fourth-order valence-corrected chi connectivity index (χ4v) is 3.05. The molecule has 1 amide bonds. The Morgan fingerprint density at radius 1 is 1.03 bits per heavy atom. The summed E-state index contributed by atoms with van der Waals surface area (Å²) in [5.41, 5.74) is 4.57. The summed E-state index contributed by atoms with van der Waals surface area (Å²) in [5, 5.41) is 4.75. The lowest BCUT2D eigenvalue weighted by atomic mass is 10.2. The minimum absolute atomic E-state index is 0.159. The van der Waals surface area contributed by atoms with Gasteiger partial charge in [0.1, 0.15) is 29.5 Å². The number of furan rings is 1. The Hall–Kier alpha value is -4.13. The molecule has 1 N–H and O–H groups in total.